The number of carboxylic acid groups (broad SMARTS) is 1. The Morgan fingerprint density at radius 2 is 1.72 bits per heavy atom. The number of nitrogens with zero attached hydrogens (tertiary/aromatic N) is 2. The molecule has 2 rings (SSSR count). The van der Waals surface area contributed by atoms with Crippen LogP contribution in [0.5, 0.6) is 5.75 Å². The van der Waals surface area contributed by atoms with Gasteiger partial charge in [0.25, 0.3) is 11.8 Å². The Balaban J connectivity index is 2.26. The molecule has 32 heavy (non-hydrogen) atoms. The minimum Gasteiger partial charge on any atom is -0.508 e. The standard InChI is InChI=1S/C22H24ClN3O6/c1-12(2)19(28)11-18(22(31)32)26(24)21(30)16-8-7-13(9-17(16)23)20(29)25(3)14-5-4-6-15(27)10-14/h4-10,12,18,27H,11,24H2,1-3H3,(H,31,32)/t18-/m0/s1. The van der Waals surface area contributed by atoms with E-state index in [0.29, 0.717) is 10.7 Å². The number of benzene rings is 2. The molecule has 10 heteroatoms. The van der Waals surface area contributed by atoms with E-state index in [4.69, 9.17) is 17.4 Å². The molecule has 9 nitrogen and oxygen atoms in total. The molecule has 170 valence electrons. The first-order valence-corrected chi connectivity index (χ1v) is 10.0. The largest absolute Gasteiger partial charge is 0.508 e. The maximum absolute atomic E-state index is 12.8. The number of hydrazine groups is 1. The van der Waals surface area contributed by atoms with Gasteiger partial charge >= 0.3 is 5.97 Å². The Kier molecular flexibility index (Phi) is 7.96. The van der Waals surface area contributed by atoms with Gasteiger partial charge in [-0.05, 0) is 30.3 Å². The molecule has 4 N–H and O–H groups in total. The number of carbonyl (C=O) groups excluding carboxylic acids is 3. The van der Waals surface area contributed by atoms with Gasteiger partial charge in [-0.25, -0.2) is 10.6 Å². The van der Waals surface area contributed by atoms with Gasteiger partial charge in [0.15, 0.2) is 6.04 Å². The number of phenols is 1. The molecular weight excluding hydrogens is 438 g/mol. The Labute approximate surface area is 190 Å². The number of halogens is 1. The fourth-order valence-electron chi connectivity index (χ4n) is 2.85. The number of amides is 2. The summed E-state index contributed by atoms with van der Waals surface area (Å²) in [6, 6.07) is 8.41. The van der Waals surface area contributed by atoms with E-state index in [1.54, 1.807) is 26.0 Å². The van der Waals surface area contributed by atoms with Crippen molar-refractivity contribution in [3.05, 3.63) is 58.6 Å². The summed E-state index contributed by atoms with van der Waals surface area (Å²) in [6.45, 7) is 3.23. The van der Waals surface area contributed by atoms with Crippen LogP contribution in [0.15, 0.2) is 42.5 Å². The number of Topliss-reactive ketones (excluding diaryl/α,β-unsaturated/α-hetero) is 1. The summed E-state index contributed by atoms with van der Waals surface area (Å²) in [5, 5.41) is 19.4. The third-order valence-electron chi connectivity index (χ3n) is 4.86. The molecular formula is C22H24ClN3O6. The van der Waals surface area contributed by atoms with Crippen molar-refractivity contribution < 1.29 is 29.4 Å². The lowest BCUT2D eigenvalue weighted by Crippen LogP contribution is -2.51. The predicted octanol–water partition coefficient (Wildman–Crippen LogP) is 2.71. The minimum atomic E-state index is -1.56. The Hall–Kier alpha value is -3.43. The number of rotatable bonds is 8. The van der Waals surface area contributed by atoms with Crippen LogP contribution in [0.25, 0.3) is 0 Å². The molecule has 0 aliphatic heterocycles. The first-order chi connectivity index (χ1) is 14.9. The van der Waals surface area contributed by atoms with Gasteiger partial charge in [-0.3, -0.25) is 19.4 Å². The molecule has 2 aromatic rings. The van der Waals surface area contributed by atoms with Crippen LogP contribution >= 0.6 is 11.6 Å². The SMILES string of the molecule is CC(C)C(=O)C[C@@H](C(=O)O)N(N)C(=O)c1ccc(C(=O)N(C)c2cccc(O)c2)cc1Cl. The zero-order valence-corrected chi connectivity index (χ0v) is 18.5. The van der Waals surface area contributed by atoms with Gasteiger partial charge in [-0.1, -0.05) is 31.5 Å². The second-order valence-corrected chi connectivity index (χ2v) is 7.88. The lowest BCUT2D eigenvalue weighted by molar-refractivity contribution is -0.144. The van der Waals surface area contributed by atoms with Crippen LogP contribution in [-0.2, 0) is 9.59 Å². The molecule has 0 bridgehead atoms. The molecule has 0 aliphatic rings. The molecule has 0 saturated carbocycles. The summed E-state index contributed by atoms with van der Waals surface area (Å²) in [5.41, 5.74) is 0.484. The number of carbonyl (C=O) groups is 4. The third kappa shape index (κ3) is 5.63. The van der Waals surface area contributed by atoms with Crippen molar-refractivity contribution >= 4 is 40.9 Å². The van der Waals surface area contributed by atoms with Gasteiger partial charge in [-0.2, -0.15) is 0 Å². The second-order valence-electron chi connectivity index (χ2n) is 7.47. The molecule has 0 aromatic heterocycles. The van der Waals surface area contributed by atoms with E-state index in [1.165, 1.54) is 42.3 Å². The quantitative estimate of drug-likeness (QED) is 0.311. The summed E-state index contributed by atoms with van der Waals surface area (Å²) in [5.74, 6) is 2.18. The average molecular weight is 462 g/mol. The van der Waals surface area contributed by atoms with Crippen LogP contribution < -0.4 is 10.7 Å². The number of nitrogens with two attached hydrogens (primary N) is 1. The highest BCUT2D eigenvalue weighted by molar-refractivity contribution is 6.34. The number of aliphatic carboxylic acids is 1. The first-order valence-electron chi connectivity index (χ1n) is 9.64. The summed E-state index contributed by atoms with van der Waals surface area (Å²) in [7, 11) is 1.51. The predicted molar refractivity (Wildman–Crippen MR) is 119 cm³/mol. The lowest BCUT2D eigenvalue weighted by atomic mass is 10.0. The monoisotopic (exact) mass is 461 g/mol. The number of anilines is 1. The summed E-state index contributed by atoms with van der Waals surface area (Å²) >= 11 is 6.20. The van der Waals surface area contributed by atoms with E-state index in [0.717, 1.165) is 0 Å². The summed E-state index contributed by atoms with van der Waals surface area (Å²) in [4.78, 5) is 50.3. The Bertz CT molecular complexity index is 1060. The van der Waals surface area contributed by atoms with Gasteiger partial charge in [-0.15, -0.1) is 0 Å². The average Bonchev–Trinajstić information content (AvgIpc) is 2.74. The van der Waals surface area contributed by atoms with Crippen molar-refractivity contribution in [2.45, 2.75) is 26.3 Å². The Morgan fingerprint density at radius 3 is 2.25 bits per heavy atom. The zero-order chi connectivity index (χ0) is 24.2. The first kappa shape index (κ1) is 24.8. The van der Waals surface area contributed by atoms with Gasteiger partial charge in [0.05, 0.1) is 10.6 Å². The summed E-state index contributed by atoms with van der Waals surface area (Å²) < 4.78 is 0. The molecule has 0 radical (unpaired) electrons. The van der Waals surface area contributed by atoms with E-state index in [2.05, 4.69) is 0 Å². The molecule has 0 aliphatic carbocycles. The van der Waals surface area contributed by atoms with Crippen molar-refractivity contribution in [3.8, 4) is 5.75 Å². The third-order valence-corrected chi connectivity index (χ3v) is 5.17. The molecule has 2 amide bonds. The zero-order valence-electron chi connectivity index (χ0n) is 17.8. The number of aromatic hydroxyl groups is 1. The van der Waals surface area contributed by atoms with Crippen molar-refractivity contribution in [2.24, 2.45) is 11.8 Å². The molecule has 0 heterocycles. The minimum absolute atomic E-state index is 0.00639. The van der Waals surface area contributed by atoms with Gasteiger partial charge in [0.1, 0.15) is 11.5 Å². The van der Waals surface area contributed by atoms with Gasteiger partial charge in [0.2, 0.25) is 0 Å². The fourth-order valence-corrected chi connectivity index (χ4v) is 3.11. The van der Waals surface area contributed by atoms with E-state index < -0.39 is 36.2 Å². The van der Waals surface area contributed by atoms with Crippen LogP contribution in [0, 0.1) is 5.92 Å². The Morgan fingerprint density at radius 1 is 1.06 bits per heavy atom. The summed E-state index contributed by atoms with van der Waals surface area (Å²) in [6.07, 6.45) is -0.446. The van der Waals surface area contributed by atoms with Crippen LogP contribution in [-0.4, -0.2) is 51.9 Å². The molecule has 0 unspecified atom stereocenters. The molecule has 0 saturated heterocycles. The highest BCUT2D eigenvalue weighted by Crippen LogP contribution is 2.24. The maximum atomic E-state index is 12.8. The smallest absolute Gasteiger partial charge is 0.328 e. The second kappa shape index (κ2) is 10.3. The van der Waals surface area contributed by atoms with Crippen LogP contribution in [0.3, 0.4) is 0 Å². The fraction of sp³-hybridized carbons (Fsp3) is 0.273. The molecule has 1 atom stereocenters. The van der Waals surface area contributed by atoms with Crippen molar-refractivity contribution in [3.63, 3.8) is 0 Å². The van der Waals surface area contributed by atoms with E-state index in [1.807, 2.05) is 0 Å². The van der Waals surface area contributed by atoms with Crippen LogP contribution in [0.1, 0.15) is 41.0 Å². The molecule has 2 aromatic carbocycles. The lowest BCUT2D eigenvalue weighted by Gasteiger charge is -2.25. The van der Waals surface area contributed by atoms with Crippen molar-refractivity contribution in [1.29, 1.82) is 0 Å². The number of ketones is 1. The van der Waals surface area contributed by atoms with Crippen LogP contribution in [0.2, 0.25) is 5.02 Å². The van der Waals surface area contributed by atoms with Gasteiger partial charge in [0, 0.05) is 36.7 Å². The van der Waals surface area contributed by atoms with E-state index in [-0.39, 0.29) is 27.7 Å². The number of phenolic OH excluding ortho intramolecular Hbond substituents is 1. The highest BCUT2D eigenvalue weighted by Gasteiger charge is 2.32. The normalized spacial score (nSPS) is 11.7. The maximum Gasteiger partial charge on any atom is 0.328 e. The number of hydrogen-bond donors (Lipinski definition) is 3. The molecule has 0 spiro atoms. The van der Waals surface area contributed by atoms with Crippen LogP contribution in [0.4, 0.5) is 5.69 Å². The van der Waals surface area contributed by atoms with Crippen molar-refractivity contribution in [1.82, 2.24) is 5.01 Å². The van der Waals surface area contributed by atoms with E-state index >= 15 is 0 Å². The number of hydrogen-bond acceptors (Lipinski definition) is 6. The van der Waals surface area contributed by atoms with E-state index in [9.17, 15) is 29.4 Å². The van der Waals surface area contributed by atoms with Crippen molar-refractivity contribution in [2.75, 3.05) is 11.9 Å². The molecule has 0 fully saturated rings. The van der Waals surface area contributed by atoms with Gasteiger partial charge < -0.3 is 15.1 Å². The number of carboxylic acids is 1. The topological polar surface area (TPSA) is 141 Å². The highest BCUT2D eigenvalue weighted by atomic mass is 35.5.